The molecule has 2 aromatic rings. The fourth-order valence-electron chi connectivity index (χ4n) is 1.79. The molecule has 5 nitrogen and oxygen atoms in total. The molecule has 0 amide bonds. The quantitative estimate of drug-likeness (QED) is 0.632. The Labute approximate surface area is 123 Å². The van der Waals surface area contributed by atoms with Crippen LogP contribution in [0.2, 0.25) is 0 Å². The first kappa shape index (κ1) is 14.6. The summed E-state index contributed by atoms with van der Waals surface area (Å²) in [4.78, 5) is 8.96. The van der Waals surface area contributed by atoms with Gasteiger partial charge in [-0.1, -0.05) is 0 Å². The van der Waals surface area contributed by atoms with Crippen molar-refractivity contribution in [2.24, 2.45) is 4.99 Å². The smallest absolute Gasteiger partial charge is 0.191 e. The summed E-state index contributed by atoms with van der Waals surface area (Å²) in [6.07, 6.45) is 4.12. The van der Waals surface area contributed by atoms with Gasteiger partial charge in [0.25, 0.3) is 0 Å². The lowest BCUT2D eigenvalue weighted by atomic mass is 10.5. The Morgan fingerprint density at radius 1 is 1.35 bits per heavy atom. The van der Waals surface area contributed by atoms with Crippen LogP contribution in [0, 0.1) is 6.92 Å². The van der Waals surface area contributed by atoms with E-state index in [4.69, 9.17) is 0 Å². The van der Waals surface area contributed by atoms with Gasteiger partial charge in [-0.3, -0.25) is 0 Å². The number of aromatic nitrogens is 2. The second-order valence-electron chi connectivity index (χ2n) is 4.43. The zero-order chi connectivity index (χ0) is 14.2. The van der Waals surface area contributed by atoms with Crippen LogP contribution in [0.25, 0.3) is 0 Å². The highest BCUT2D eigenvalue weighted by Gasteiger charge is 2.00. The standard InChI is InChI=1S/C14H21N5S/c1-3-15-14(16-6-9-19-7-4-5-8-19)17-10-13-18-12(2)11-20-13/h4-5,7-8,11H,3,6,9-10H2,1-2H3,(H2,15,16,17). The summed E-state index contributed by atoms with van der Waals surface area (Å²) < 4.78 is 2.14. The van der Waals surface area contributed by atoms with Crippen LogP contribution < -0.4 is 10.6 Å². The zero-order valence-electron chi connectivity index (χ0n) is 12.0. The predicted octanol–water partition coefficient (Wildman–Crippen LogP) is 2.01. The van der Waals surface area contributed by atoms with Crippen LogP contribution in [0.1, 0.15) is 17.6 Å². The molecule has 0 atom stereocenters. The highest BCUT2D eigenvalue weighted by molar-refractivity contribution is 7.09. The van der Waals surface area contributed by atoms with Gasteiger partial charge in [-0.25, -0.2) is 9.98 Å². The van der Waals surface area contributed by atoms with Gasteiger partial charge in [0.1, 0.15) is 5.01 Å². The van der Waals surface area contributed by atoms with Crippen molar-refractivity contribution in [1.29, 1.82) is 0 Å². The fourth-order valence-corrected chi connectivity index (χ4v) is 2.48. The van der Waals surface area contributed by atoms with Gasteiger partial charge in [0.05, 0.1) is 6.54 Å². The lowest BCUT2D eigenvalue weighted by Gasteiger charge is -2.11. The van der Waals surface area contributed by atoms with Crippen molar-refractivity contribution in [3.8, 4) is 0 Å². The van der Waals surface area contributed by atoms with Crippen molar-refractivity contribution in [3.05, 3.63) is 40.6 Å². The van der Waals surface area contributed by atoms with Crippen molar-refractivity contribution in [2.45, 2.75) is 26.9 Å². The molecule has 0 aliphatic heterocycles. The summed E-state index contributed by atoms with van der Waals surface area (Å²) in [7, 11) is 0. The number of aryl methyl sites for hydroxylation is 1. The van der Waals surface area contributed by atoms with Gasteiger partial charge in [0.2, 0.25) is 0 Å². The number of guanidine groups is 1. The van der Waals surface area contributed by atoms with E-state index in [-0.39, 0.29) is 0 Å². The highest BCUT2D eigenvalue weighted by atomic mass is 32.1. The summed E-state index contributed by atoms with van der Waals surface area (Å²) in [5, 5.41) is 9.68. The molecule has 20 heavy (non-hydrogen) atoms. The Balaban J connectivity index is 1.82. The van der Waals surface area contributed by atoms with E-state index >= 15 is 0 Å². The van der Waals surface area contributed by atoms with Crippen LogP contribution in [0.15, 0.2) is 34.9 Å². The predicted molar refractivity (Wildman–Crippen MR) is 84.1 cm³/mol. The average molecular weight is 291 g/mol. The first-order chi connectivity index (χ1) is 9.78. The van der Waals surface area contributed by atoms with Crippen molar-refractivity contribution in [3.63, 3.8) is 0 Å². The molecule has 0 saturated heterocycles. The van der Waals surface area contributed by atoms with E-state index in [0.717, 1.165) is 36.3 Å². The van der Waals surface area contributed by atoms with Gasteiger partial charge in [-0.05, 0) is 26.0 Å². The minimum atomic E-state index is 0.622. The van der Waals surface area contributed by atoms with E-state index in [2.05, 4.69) is 49.9 Å². The van der Waals surface area contributed by atoms with E-state index in [1.807, 2.05) is 19.1 Å². The summed E-state index contributed by atoms with van der Waals surface area (Å²) in [5.74, 6) is 0.840. The number of aliphatic imine (C=N–C) groups is 1. The lowest BCUT2D eigenvalue weighted by molar-refractivity contribution is 0.665. The van der Waals surface area contributed by atoms with E-state index < -0.39 is 0 Å². The van der Waals surface area contributed by atoms with E-state index in [9.17, 15) is 0 Å². The third-order valence-electron chi connectivity index (χ3n) is 2.71. The molecule has 2 heterocycles. The third-order valence-corrected chi connectivity index (χ3v) is 3.66. The molecule has 0 radical (unpaired) electrons. The zero-order valence-corrected chi connectivity index (χ0v) is 12.8. The van der Waals surface area contributed by atoms with Crippen molar-refractivity contribution in [1.82, 2.24) is 20.2 Å². The molecular weight excluding hydrogens is 270 g/mol. The molecular formula is C14H21N5S. The van der Waals surface area contributed by atoms with Crippen LogP contribution in [-0.4, -0.2) is 28.6 Å². The molecule has 2 N–H and O–H groups in total. The summed E-state index contributed by atoms with van der Waals surface area (Å²) in [6.45, 7) is 7.32. The molecule has 2 aromatic heterocycles. The summed E-state index contributed by atoms with van der Waals surface area (Å²) in [5.41, 5.74) is 1.06. The molecule has 2 rings (SSSR count). The summed E-state index contributed by atoms with van der Waals surface area (Å²) in [6, 6.07) is 4.06. The van der Waals surface area contributed by atoms with E-state index in [1.54, 1.807) is 11.3 Å². The number of hydrogen-bond donors (Lipinski definition) is 2. The van der Waals surface area contributed by atoms with Crippen LogP contribution in [0.5, 0.6) is 0 Å². The van der Waals surface area contributed by atoms with Gasteiger partial charge in [0, 0.05) is 43.1 Å². The molecule has 0 fully saturated rings. The van der Waals surface area contributed by atoms with Crippen molar-refractivity contribution >= 4 is 17.3 Å². The Hall–Kier alpha value is -1.82. The second kappa shape index (κ2) is 7.69. The largest absolute Gasteiger partial charge is 0.357 e. The first-order valence-corrected chi connectivity index (χ1v) is 7.70. The van der Waals surface area contributed by atoms with Crippen LogP contribution in [-0.2, 0) is 13.1 Å². The van der Waals surface area contributed by atoms with Gasteiger partial charge in [0.15, 0.2) is 5.96 Å². The molecule has 108 valence electrons. The normalized spacial score (nSPS) is 11.6. The fraction of sp³-hybridized carbons (Fsp3) is 0.429. The monoisotopic (exact) mass is 291 g/mol. The van der Waals surface area contributed by atoms with Gasteiger partial charge in [-0.15, -0.1) is 11.3 Å². The molecule has 0 bridgehead atoms. The summed E-state index contributed by atoms with van der Waals surface area (Å²) >= 11 is 1.65. The van der Waals surface area contributed by atoms with E-state index in [0.29, 0.717) is 6.54 Å². The van der Waals surface area contributed by atoms with Crippen LogP contribution >= 0.6 is 11.3 Å². The number of hydrogen-bond acceptors (Lipinski definition) is 3. The van der Waals surface area contributed by atoms with Crippen molar-refractivity contribution in [2.75, 3.05) is 13.1 Å². The minimum Gasteiger partial charge on any atom is -0.357 e. The Morgan fingerprint density at radius 2 is 2.15 bits per heavy atom. The number of nitrogens with zero attached hydrogens (tertiary/aromatic N) is 3. The molecule has 0 aromatic carbocycles. The number of thiazole rings is 1. The molecule has 0 saturated carbocycles. The molecule has 6 heteroatoms. The van der Waals surface area contributed by atoms with Gasteiger partial charge in [-0.2, -0.15) is 0 Å². The van der Waals surface area contributed by atoms with Gasteiger partial charge >= 0.3 is 0 Å². The highest BCUT2D eigenvalue weighted by Crippen LogP contribution is 2.09. The first-order valence-electron chi connectivity index (χ1n) is 6.82. The Bertz CT molecular complexity index is 530. The Morgan fingerprint density at radius 3 is 2.80 bits per heavy atom. The van der Waals surface area contributed by atoms with Crippen molar-refractivity contribution < 1.29 is 0 Å². The van der Waals surface area contributed by atoms with Crippen LogP contribution in [0.4, 0.5) is 0 Å². The maximum Gasteiger partial charge on any atom is 0.191 e. The maximum atomic E-state index is 4.55. The molecule has 0 aliphatic rings. The second-order valence-corrected chi connectivity index (χ2v) is 5.37. The molecule has 0 unspecified atom stereocenters. The third kappa shape index (κ3) is 4.70. The number of rotatable bonds is 6. The average Bonchev–Trinajstić information content (AvgIpc) is 3.07. The van der Waals surface area contributed by atoms with Crippen LogP contribution in [0.3, 0.4) is 0 Å². The SMILES string of the molecule is CCNC(=NCc1nc(C)cs1)NCCn1cccc1. The number of nitrogens with one attached hydrogen (secondary N) is 2. The van der Waals surface area contributed by atoms with Gasteiger partial charge < -0.3 is 15.2 Å². The topological polar surface area (TPSA) is 54.2 Å². The molecule has 0 aliphatic carbocycles. The van der Waals surface area contributed by atoms with E-state index in [1.165, 1.54) is 0 Å². The minimum absolute atomic E-state index is 0.622. The Kier molecular flexibility index (Phi) is 5.61. The lowest BCUT2D eigenvalue weighted by Crippen LogP contribution is -2.38. The molecule has 0 spiro atoms. The maximum absolute atomic E-state index is 4.55.